The highest BCUT2D eigenvalue weighted by Crippen LogP contribution is 2.35. The van der Waals surface area contributed by atoms with Crippen molar-refractivity contribution in [2.24, 2.45) is 11.1 Å². The summed E-state index contributed by atoms with van der Waals surface area (Å²) in [5, 5.41) is 0.640. The highest BCUT2D eigenvalue weighted by atomic mass is 35.5. The number of likely N-dealkylation sites (tertiary alicyclic amines) is 1. The maximum Gasteiger partial charge on any atom is 0.274 e. The van der Waals surface area contributed by atoms with E-state index in [1.165, 1.54) is 0 Å². The predicted molar refractivity (Wildman–Crippen MR) is 90.7 cm³/mol. The van der Waals surface area contributed by atoms with E-state index in [0.29, 0.717) is 36.1 Å². The largest absolute Gasteiger partial charge is 0.369 e. The van der Waals surface area contributed by atoms with Gasteiger partial charge in [0.25, 0.3) is 5.91 Å². The molecule has 2 amide bonds. The number of imidazole rings is 1. The number of benzene rings is 1. The molecule has 0 radical (unpaired) electrons. The summed E-state index contributed by atoms with van der Waals surface area (Å²) >= 11 is 5.89. The van der Waals surface area contributed by atoms with E-state index in [2.05, 4.69) is 9.97 Å². The monoisotopic (exact) mass is 346 g/mol. The minimum atomic E-state index is -0.733. The molecule has 0 atom stereocenters. The number of nitrogens with two attached hydrogens (primary N) is 1. The molecule has 2 heterocycles. The van der Waals surface area contributed by atoms with Gasteiger partial charge in [-0.1, -0.05) is 23.7 Å². The second-order valence-corrected chi connectivity index (χ2v) is 6.84. The van der Waals surface area contributed by atoms with Crippen LogP contribution in [0.4, 0.5) is 0 Å². The second-order valence-electron chi connectivity index (χ2n) is 6.40. The van der Waals surface area contributed by atoms with Gasteiger partial charge in [-0.05, 0) is 38.0 Å². The van der Waals surface area contributed by atoms with Crippen molar-refractivity contribution >= 4 is 23.4 Å². The molecule has 2 aromatic rings. The Labute approximate surface area is 145 Å². The van der Waals surface area contributed by atoms with Crippen molar-refractivity contribution in [2.45, 2.75) is 20.3 Å². The number of rotatable bonds is 4. The number of aryl methyl sites for hydroxylation is 2. The van der Waals surface area contributed by atoms with Gasteiger partial charge >= 0.3 is 0 Å². The van der Waals surface area contributed by atoms with Crippen LogP contribution in [0.5, 0.6) is 0 Å². The van der Waals surface area contributed by atoms with E-state index in [9.17, 15) is 9.59 Å². The molecule has 24 heavy (non-hydrogen) atoms. The molecular formula is C17H19ClN4O2. The summed E-state index contributed by atoms with van der Waals surface area (Å²) < 4.78 is 0. The van der Waals surface area contributed by atoms with Crippen LogP contribution >= 0.6 is 11.6 Å². The molecule has 0 spiro atoms. The van der Waals surface area contributed by atoms with Gasteiger partial charge in [0.05, 0.1) is 5.41 Å². The van der Waals surface area contributed by atoms with E-state index in [4.69, 9.17) is 17.3 Å². The Balaban J connectivity index is 1.74. The lowest BCUT2D eigenvalue weighted by atomic mass is 9.74. The third kappa shape index (κ3) is 2.89. The van der Waals surface area contributed by atoms with E-state index in [-0.39, 0.29) is 5.91 Å². The summed E-state index contributed by atoms with van der Waals surface area (Å²) in [6.45, 7) is 4.21. The molecular weight excluding hydrogens is 328 g/mol. The maximum atomic E-state index is 12.5. The molecule has 0 bridgehead atoms. The van der Waals surface area contributed by atoms with Crippen LogP contribution in [0.25, 0.3) is 0 Å². The predicted octanol–water partition coefficient (Wildman–Crippen LogP) is 1.85. The van der Waals surface area contributed by atoms with Gasteiger partial charge in [-0.3, -0.25) is 9.59 Å². The number of hydrogen-bond donors (Lipinski definition) is 2. The number of H-pyrrole nitrogens is 1. The molecule has 0 saturated carbocycles. The first-order chi connectivity index (χ1) is 11.3. The Kier molecular flexibility index (Phi) is 4.09. The van der Waals surface area contributed by atoms with Crippen molar-refractivity contribution in [1.29, 1.82) is 0 Å². The number of aromatic amines is 1. The number of amides is 2. The van der Waals surface area contributed by atoms with Crippen molar-refractivity contribution in [3.8, 4) is 0 Å². The normalized spacial score (nSPS) is 15.9. The highest BCUT2D eigenvalue weighted by Gasteiger charge is 2.50. The molecule has 0 unspecified atom stereocenters. The third-order valence-corrected chi connectivity index (χ3v) is 4.71. The van der Waals surface area contributed by atoms with Crippen LogP contribution < -0.4 is 5.73 Å². The molecule has 1 aromatic heterocycles. The Morgan fingerprint density at radius 2 is 1.92 bits per heavy atom. The molecule has 1 aliphatic rings. The molecule has 1 aromatic carbocycles. The number of carbonyl (C=O) groups excluding carboxylic acids is 2. The van der Waals surface area contributed by atoms with Crippen molar-refractivity contribution in [1.82, 2.24) is 14.9 Å². The van der Waals surface area contributed by atoms with Gasteiger partial charge in [0.1, 0.15) is 11.5 Å². The average Bonchev–Trinajstić information content (AvgIpc) is 2.82. The van der Waals surface area contributed by atoms with Crippen LogP contribution in [0.3, 0.4) is 0 Å². The SMILES string of the molecule is Cc1nc(C(=O)N2CC(Cc3ccc(Cl)cc3)(C(N)=O)C2)c(C)[nH]1. The van der Waals surface area contributed by atoms with Crippen molar-refractivity contribution in [3.63, 3.8) is 0 Å². The van der Waals surface area contributed by atoms with Crippen LogP contribution in [0, 0.1) is 19.3 Å². The molecule has 0 aliphatic carbocycles. The lowest BCUT2D eigenvalue weighted by Gasteiger charge is -2.48. The number of hydrogen-bond acceptors (Lipinski definition) is 3. The average molecular weight is 347 g/mol. The van der Waals surface area contributed by atoms with Gasteiger partial charge in [0, 0.05) is 23.8 Å². The topological polar surface area (TPSA) is 92.1 Å². The number of nitrogens with one attached hydrogen (secondary N) is 1. The van der Waals surface area contributed by atoms with Crippen molar-refractivity contribution < 1.29 is 9.59 Å². The lowest BCUT2D eigenvalue weighted by molar-refractivity contribution is -0.135. The molecule has 1 saturated heterocycles. The number of carbonyl (C=O) groups is 2. The number of nitrogens with zero attached hydrogens (tertiary/aromatic N) is 2. The van der Waals surface area contributed by atoms with E-state index in [1.807, 2.05) is 19.1 Å². The van der Waals surface area contributed by atoms with Crippen LogP contribution in [-0.4, -0.2) is 39.8 Å². The van der Waals surface area contributed by atoms with Gasteiger partial charge in [-0.2, -0.15) is 0 Å². The van der Waals surface area contributed by atoms with Gasteiger partial charge in [0.2, 0.25) is 5.91 Å². The Morgan fingerprint density at radius 1 is 1.29 bits per heavy atom. The van der Waals surface area contributed by atoms with Crippen LogP contribution in [0.2, 0.25) is 5.02 Å². The second kappa shape index (κ2) is 5.94. The fourth-order valence-corrected chi connectivity index (χ4v) is 3.27. The molecule has 6 nitrogen and oxygen atoms in total. The Morgan fingerprint density at radius 3 is 2.42 bits per heavy atom. The van der Waals surface area contributed by atoms with E-state index in [1.54, 1.807) is 24.0 Å². The molecule has 1 fully saturated rings. The Hall–Kier alpha value is -2.34. The first-order valence-corrected chi connectivity index (χ1v) is 8.05. The van der Waals surface area contributed by atoms with Gasteiger partial charge < -0.3 is 15.6 Å². The van der Waals surface area contributed by atoms with E-state index in [0.717, 1.165) is 11.3 Å². The van der Waals surface area contributed by atoms with Gasteiger partial charge in [-0.25, -0.2) is 4.98 Å². The smallest absolute Gasteiger partial charge is 0.274 e. The highest BCUT2D eigenvalue weighted by molar-refractivity contribution is 6.30. The Bertz CT molecular complexity index is 791. The zero-order chi connectivity index (χ0) is 17.5. The minimum Gasteiger partial charge on any atom is -0.369 e. The zero-order valence-corrected chi connectivity index (χ0v) is 14.4. The van der Waals surface area contributed by atoms with Crippen LogP contribution in [0.15, 0.2) is 24.3 Å². The van der Waals surface area contributed by atoms with Gasteiger partial charge in [0.15, 0.2) is 0 Å². The maximum absolute atomic E-state index is 12.5. The number of primary amides is 1. The minimum absolute atomic E-state index is 0.176. The lowest BCUT2D eigenvalue weighted by Crippen LogP contribution is -2.65. The first-order valence-electron chi connectivity index (χ1n) is 7.67. The fourth-order valence-electron chi connectivity index (χ4n) is 3.14. The zero-order valence-electron chi connectivity index (χ0n) is 13.6. The molecule has 3 rings (SSSR count). The summed E-state index contributed by atoms with van der Waals surface area (Å²) in [6.07, 6.45) is 0.488. The summed E-state index contributed by atoms with van der Waals surface area (Å²) in [6, 6.07) is 7.31. The molecule has 126 valence electrons. The van der Waals surface area contributed by atoms with Crippen LogP contribution in [-0.2, 0) is 11.2 Å². The first kappa shape index (κ1) is 16.5. The molecule has 7 heteroatoms. The fraction of sp³-hybridized carbons (Fsp3) is 0.353. The van der Waals surface area contributed by atoms with Crippen molar-refractivity contribution in [2.75, 3.05) is 13.1 Å². The summed E-state index contributed by atoms with van der Waals surface area (Å²) in [5.41, 5.74) is 6.99. The molecule has 3 N–H and O–H groups in total. The van der Waals surface area contributed by atoms with Crippen molar-refractivity contribution in [3.05, 3.63) is 52.1 Å². The summed E-state index contributed by atoms with van der Waals surface area (Å²) in [7, 11) is 0. The van der Waals surface area contributed by atoms with Gasteiger partial charge in [-0.15, -0.1) is 0 Å². The number of halogens is 1. The standard InChI is InChI=1S/C17H19ClN4O2/c1-10-14(21-11(2)20-10)15(23)22-8-17(9-22,16(19)24)7-12-3-5-13(18)6-4-12/h3-6H,7-9H2,1-2H3,(H2,19,24)(H,20,21). The third-order valence-electron chi connectivity index (χ3n) is 4.46. The van der Waals surface area contributed by atoms with E-state index >= 15 is 0 Å². The van der Waals surface area contributed by atoms with Crippen LogP contribution in [0.1, 0.15) is 27.6 Å². The quantitative estimate of drug-likeness (QED) is 0.884. The summed E-state index contributed by atoms with van der Waals surface area (Å²) in [5.74, 6) is 0.125. The summed E-state index contributed by atoms with van der Waals surface area (Å²) in [4.78, 5) is 33.4. The molecule has 1 aliphatic heterocycles. The van der Waals surface area contributed by atoms with E-state index < -0.39 is 11.3 Å². The number of aromatic nitrogens is 2.